The zero-order valence-electron chi connectivity index (χ0n) is 9.77. The van der Waals surface area contributed by atoms with Crippen LogP contribution in [0.4, 0.5) is 0 Å². The number of rotatable bonds is 2. The van der Waals surface area contributed by atoms with Gasteiger partial charge in [0, 0.05) is 17.6 Å². The molecular weight excluding hydrogens is 302 g/mol. The van der Waals surface area contributed by atoms with E-state index in [1.165, 1.54) is 11.8 Å². The fourth-order valence-corrected chi connectivity index (χ4v) is 2.42. The Labute approximate surface area is 112 Å². The summed E-state index contributed by atoms with van der Waals surface area (Å²) < 4.78 is 2.22. The van der Waals surface area contributed by atoms with Crippen molar-refractivity contribution in [2.45, 2.75) is 25.0 Å². The van der Waals surface area contributed by atoms with Crippen LogP contribution in [0.5, 0.6) is 0 Å². The monoisotopic (exact) mass is 313 g/mol. The maximum atomic E-state index is 12.1. The third kappa shape index (κ3) is 2.24. The van der Waals surface area contributed by atoms with Gasteiger partial charge in [0.15, 0.2) is 5.16 Å². The second-order valence-corrected chi connectivity index (χ2v) is 5.52. The predicted octanol–water partition coefficient (Wildman–Crippen LogP) is 2.86. The van der Waals surface area contributed by atoms with E-state index in [0.717, 1.165) is 5.39 Å². The van der Waals surface area contributed by atoms with Crippen molar-refractivity contribution in [3.8, 4) is 0 Å². The number of fused-ring (bicyclic) bond motifs is 1. The standard InChI is InChI=1S/C11H12BrN3OS/c1-6(2)15-9-7(4-8(12)10(15)16)5-13-11(14-9)17-3/h4-6H,1-3H3. The van der Waals surface area contributed by atoms with Gasteiger partial charge in [-0.25, -0.2) is 9.97 Å². The molecule has 0 saturated heterocycles. The Kier molecular flexibility index (Phi) is 3.53. The van der Waals surface area contributed by atoms with Crippen LogP contribution in [0, 0.1) is 0 Å². The first-order valence-corrected chi connectivity index (χ1v) is 7.18. The van der Waals surface area contributed by atoms with Crippen molar-refractivity contribution in [3.63, 3.8) is 0 Å². The molecule has 0 spiro atoms. The van der Waals surface area contributed by atoms with E-state index in [1.54, 1.807) is 16.8 Å². The van der Waals surface area contributed by atoms with E-state index in [2.05, 4.69) is 25.9 Å². The number of hydrogen-bond donors (Lipinski definition) is 0. The Morgan fingerprint density at radius 2 is 2.18 bits per heavy atom. The minimum Gasteiger partial charge on any atom is -0.289 e. The highest BCUT2D eigenvalue weighted by Gasteiger charge is 2.12. The number of pyridine rings is 1. The van der Waals surface area contributed by atoms with Crippen LogP contribution in [0.2, 0.25) is 0 Å². The van der Waals surface area contributed by atoms with Crippen LogP contribution in [0.3, 0.4) is 0 Å². The number of thioether (sulfide) groups is 1. The van der Waals surface area contributed by atoms with E-state index in [-0.39, 0.29) is 11.6 Å². The van der Waals surface area contributed by atoms with Crippen LogP contribution < -0.4 is 5.56 Å². The van der Waals surface area contributed by atoms with Crippen LogP contribution in [-0.2, 0) is 0 Å². The molecule has 0 fully saturated rings. The summed E-state index contributed by atoms with van der Waals surface area (Å²) in [5, 5.41) is 1.54. The highest BCUT2D eigenvalue weighted by atomic mass is 79.9. The van der Waals surface area contributed by atoms with Gasteiger partial charge in [-0.15, -0.1) is 0 Å². The normalized spacial score (nSPS) is 11.4. The zero-order valence-corrected chi connectivity index (χ0v) is 12.2. The fraction of sp³-hybridized carbons (Fsp3) is 0.364. The Morgan fingerprint density at radius 3 is 2.76 bits per heavy atom. The van der Waals surface area contributed by atoms with Gasteiger partial charge in [0.2, 0.25) is 0 Å². The maximum absolute atomic E-state index is 12.1. The van der Waals surface area contributed by atoms with Crippen molar-refractivity contribution in [3.05, 3.63) is 27.1 Å². The number of aromatic nitrogens is 3. The summed E-state index contributed by atoms with van der Waals surface area (Å²) in [6.07, 6.45) is 3.66. The Bertz CT molecular complexity index is 624. The molecule has 0 N–H and O–H groups in total. The molecule has 4 nitrogen and oxygen atoms in total. The van der Waals surface area contributed by atoms with Gasteiger partial charge in [-0.2, -0.15) is 0 Å². The van der Waals surface area contributed by atoms with Crippen LogP contribution >= 0.6 is 27.7 Å². The molecule has 0 atom stereocenters. The lowest BCUT2D eigenvalue weighted by Gasteiger charge is -2.13. The molecule has 0 bridgehead atoms. The molecule has 0 aliphatic heterocycles. The highest BCUT2D eigenvalue weighted by molar-refractivity contribution is 9.10. The smallest absolute Gasteiger partial charge is 0.266 e. The maximum Gasteiger partial charge on any atom is 0.266 e. The largest absolute Gasteiger partial charge is 0.289 e. The van der Waals surface area contributed by atoms with Gasteiger partial charge in [-0.1, -0.05) is 11.8 Å². The predicted molar refractivity (Wildman–Crippen MR) is 73.7 cm³/mol. The molecule has 0 aliphatic rings. The number of nitrogens with zero attached hydrogens (tertiary/aromatic N) is 3. The summed E-state index contributed by atoms with van der Waals surface area (Å²) >= 11 is 4.74. The minimum atomic E-state index is -0.0572. The molecule has 0 aliphatic carbocycles. The molecule has 2 heterocycles. The minimum absolute atomic E-state index is 0.0572. The summed E-state index contributed by atoms with van der Waals surface area (Å²) in [6.45, 7) is 3.93. The Morgan fingerprint density at radius 1 is 1.47 bits per heavy atom. The highest BCUT2D eigenvalue weighted by Crippen LogP contribution is 2.19. The number of hydrogen-bond acceptors (Lipinski definition) is 4. The summed E-state index contributed by atoms with van der Waals surface area (Å²) in [5.74, 6) is 0. The molecule has 2 aromatic rings. The molecule has 0 saturated carbocycles. The van der Waals surface area contributed by atoms with Gasteiger partial charge in [0.05, 0.1) is 4.47 Å². The fourth-order valence-electron chi connectivity index (χ4n) is 1.65. The summed E-state index contributed by atoms with van der Waals surface area (Å²) in [6, 6.07) is 1.83. The van der Waals surface area contributed by atoms with Crippen molar-refractivity contribution in [1.29, 1.82) is 0 Å². The average molecular weight is 314 g/mol. The van der Waals surface area contributed by atoms with Crippen molar-refractivity contribution < 1.29 is 0 Å². The van der Waals surface area contributed by atoms with Gasteiger partial charge in [0.25, 0.3) is 5.56 Å². The molecule has 90 valence electrons. The van der Waals surface area contributed by atoms with E-state index in [1.807, 2.05) is 20.1 Å². The molecule has 2 aromatic heterocycles. The van der Waals surface area contributed by atoms with Crippen LogP contribution in [0.25, 0.3) is 11.0 Å². The quantitative estimate of drug-likeness (QED) is 0.632. The molecule has 2 rings (SSSR count). The van der Waals surface area contributed by atoms with Crippen molar-refractivity contribution in [2.75, 3.05) is 6.26 Å². The van der Waals surface area contributed by atoms with Crippen molar-refractivity contribution >= 4 is 38.7 Å². The van der Waals surface area contributed by atoms with Gasteiger partial charge in [-0.05, 0) is 42.1 Å². The topological polar surface area (TPSA) is 47.8 Å². The first-order chi connectivity index (χ1) is 8.04. The third-order valence-electron chi connectivity index (χ3n) is 2.41. The molecule has 0 aromatic carbocycles. The lowest BCUT2D eigenvalue weighted by molar-refractivity contribution is 0.590. The molecule has 0 unspecified atom stereocenters. The third-order valence-corrected chi connectivity index (χ3v) is 3.54. The molecule has 0 radical (unpaired) electrons. The first-order valence-electron chi connectivity index (χ1n) is 5.16. The lowest BCUT2D eigenvalue weighted by Crippen LogP contribution is -2.23. The SMILES string of the molecule is CSc1ncc2cc(Br)c(=O)n(C(C)C)c2n1. The second kappa shape index (κ2) is 4.78. The van der Waals surface area contributed by atoms with E-state index in [0.29, 0.717) is 15.3 Å². The van der Waals surface area contributed by atoms with E-state index < -0.39 is 0 Å². The van der Waals surface area contributed by atoms with E-state index in [4.69, 9.17) is 0 Å². The van der Waals surface area contributed by atoms with Crippen molar-refractivity contribution in [1.82, 2.24) is 14.5 Å². The molecule has 6 heteroatoms. The average Bonchev–Trinajstić information content (AvgIpc) is 2.29. The van der Waals surface area contributed by atoms with Gasteiger partial charge >= 0.3 is 0 Å². The molecule has 17 heavy (non-hydrogen) atoms. The van der Waals surface area contributed by atoms with Crippen molar-refractivity contribution in [2.24, 2.45) is 0 Å². The summed E-state index contributed by atoms with van der Waals surface area (Å²) in [7, 11) is 0. The summed E-state index contributed by atoms with van der Waals surface area (Å²) in [4.78, 5) is 20.7. The van der Waals surface area contributed by atoms with E-state index >= 15 is 0 Å². The first kappa shape index (κ1) is 12.6. The van der Waals surface area contributed by atoms with Crippen LogP contribution in [0.15, 0.2) is 26.7 Å². The lowest BCUT2D eigenvalue weighted by atomic mass is 10.3. The van der Waals surface area contributed by atoms with E-state index in [9.17, 15) is 4.79 Å². The zero-order chi connectivity index (χ0) is 12.6. The molecular formula is C11H12BrN3OS. The van der Waals surface area contributed by atoms with Gasteiger partial charge in [-0.3, -0.25) is 9.36 Å². The number of halogens is 1. The second-order valence-electron chi connectivity index (χ2n) is 3.90. The Balaban J connectivity index is 2.89. The van der Waals surface area contributed by atoms with Gasteiger partial charge in [0.1, 0.15) is 5.65 Å². The molecule has 0 amide bonds. The summed E-state index contributed by atoms with van der Waals surface area (Å²) in [5.41, 5.74) is 0.630. The van der Waals surface area contributed by atoms with Crippen LogP contribution in [0.1, 0.15) is 19.9 Å². The Hall–Kier alpha value is -0.880. The van der Waals surface area contributed by atoms with Gasteiger partial charge < -0.3 is 0 Å². The van der Waals surface area contributed by atoms with Crippen LogP contribution in [-0.4, -0.2) is 20.8 Å².